The Kier molecular flexibility index (Phi) is 6.60. The molecule has 1 saturated heterocycles. The molecule has 2 aliphatic heterocycles. The van der Waals surface area contributed by atoms with Crippen molar-refractivity contribution in [2.75, 3.05) is 30.7 Å². The molecule has 1 atom stereocenters. The van der Waals surface area contributed by atoms with Gasteiger partial charge in [-0.1, -0.05) is 12.1 Å². The van der Waals surface area contributed by atoms with Gasteiger partial charge in [0.25, 0.3) is 10.0 Å². The molecule has 3 aromatic carbocycles. The monoisotopic (exact) mass is 555 g/mol. The number of halogens is 5. The number of aliphatic hydroxyl groups is 1. The molecule has 6 nitrogen and oxygen atoms in total. The molecule has 5 rings (SSSR count). The minimum absolute atomic E-state index is 0.0391. The lowest BCUT2D eigenvalue weighted by Crippen LogP contribution is -2.52. The first kappa shape index (κ1) is 26.4. The van der Waals surface area contributed by atoms with Crippen LogP contribution >= 0.6 is 0 Å². The third-order valence-electron chi connectivity index (χ3n) is 6.69. The Morgan fingerprint density at radius 1 is 1.03 bits per heavy atom. The highest BCUT2D eigenvalue weighted by molar-refractivity contribution is 7.92. The highest BCUT2D eigenvalue weighted by Crippen LogP contribution is 2.43. The fraction of sp³-hybridized carbons (Fsp3) is 0.308. The molecule has 0 radical (unpaired) electrons. The second kappa shape index (κ2) is 9.51. The summed E-state index contributed by atoms with van der Waals surface area (Å²) in [5, 5.41) is 9.84. The van der Waals surface area contributed by atoms with E-state index >= 15 is 0 Å². The molecule has 0 bridgehead atoms. The number of hydrogen-bond acceptors (Lipinski definition) is 5. The number of anilines is 1. The molecule has 3 aromatic rings. The third kappa shape index (κ3) is 4.83. The summed E-state index contributed by atoms with van der Waals surface area (Å²) in [6, 6.07) is 10.3. The summed E-state index contributed by atoms with van der Waals surface area (Å²) in [5.41, 5.74) is -1.80. The summed E-state index contributed by atoms with van der Waals surface area (Å²) in [7, 11) is -4.57. The first-order chi connectivity index (χ1) is 17.9. The second-order valence-corrected chi connectivity index (χ2v) is 11.3. The van der Waals surface area contributed by atoms with Crippen LogP contribution in [0.5, 0.6) is 5.75 Å². The molecule has 0 unspecified atom stereocenters. The van der Waals surface area contributed by atoms with Crippen LogP contribution in [0.25, 0.3) is 11.1 Å². The number of alkyl halides is 3. The van der Waals surface area contributed by atoms with Crippen molar-refractivity contribution >= 4 is 15.7 Å². The number of nitrogens with zero attached hydrogens (tertiary/aromatic N) is 1. The Labute approximate surface area is 215 Å². The van der Waals surface area contributed by atoms with Crippen molar-refractivity contribution in [3.05, 3.63) is 77.9 Å². The van der Waals surface area contributed by atoms with Crippen molar-refractivity contribution in [1.29, 1.82) is 0 Å². The van der Waals surface area contributed by atoms with Crippen LogP contribution in [-0.2, 0) is 20.9 Å². The zero-order valence-electron chi connectivity index (χ0n) is 19.7. The van der Waals surface area contributed by atoms with Gasteiger partial charge >= 0.3 is 6.18 Å². The molecular formula is C26H22F5NO5S. The van der Waals surface area contributed by atoms with Crippen molar-refractivity contribution in [3.8, 4) is 16.9 Å². The average molecular weight is 556 g/mol. The van der Waals surface area contributed by atoms with Gasteiger partial charge in [0.15, 0.2) is 0 Å². The van der Waals surface area contributed by atoms with E-state index in [0.717, 1.165) is 40.7 Å². The third-order valence-corrected chi connectivity index (χ3v) is 8.47. The molecule has 1 N–H and O–H groups in total. The SMILES string of the molecule is O=S(=O)(c1cccc(C(F)(F)F)c1)N1C[C@H](CC2(CO)COC2)Oc2ccc(-c3cc(F)ccc3F)cc21. The van der Waals surface area contributed by atoms with Crippen LogP contribution in [0.4, 0.5) is 27.6 Å². The van der Waals surface area contributed by atoms with Gasteiger partial charge in [-0.2, -0.15) is 13.2 Å². The lowest BCUT2D eigenvalue weighted by Gasteiger charge is -2.44. The first-order valence-electron chi connectivity index (χ1n) is 11.6. The zero-order chi connectivity index (χ0) is 27.3. The standard InChI is InChI=1S/C26H22F5NO5S/c27-18-5-6-22(28)21(10-18)16-4-7-24-23(8-16)32(12-19(37-24)11-25(13-33)14-36-15-25)38(34,35)20-3-1-2-17(9-20)26(29,30)31/h1-10,19,33H,11-15H2/t19-/m0/s1. The van der Waals surface area contributed by atoms with Crippen LogP contribution in [-0.4, -0.2) is 46.0 Å². The number of benzene rings is 3. The summed E-state index contributed by atoms with van der Waals surface area (Å²) in [6.07, 6.45) is -5.31. The number of rotatable bonds is 6. The summed E-state index contributed by atoms with van der Waals surface area (Å²) in [5.74, 6) is -1.37. The van der Waals surface area contributed by atoms with Crippen LogP contribution in [0.2, 0.25) is 0 Å². The molecule has 0 spiro atoms. The van der Waals surface area contributed by atoms with E-state index in [9.17, 15) is 35.5 Å². The molecule has 202 valence electrons. The quantitative estimate of drug-likeness (QED) is 0.433. The molecule has 0 amide bonds. The van der Waals surface area contributed by atoms with Gasteiger partial charge in [-0.25, -0.2) is 17.2 Å². The zero-order valence-corrected chi connectivity index (χ0v) is 20.5. The van der Waals surface area contributed by atoms with Gasteiger partial charge in [-0.05, 0) is 60.5 Å². The smallest absolute Gasteiger partial charge is 0.416 e. The number of aliphatic hydroxyl groups excluding tert-OH is 1. The number of sulfonamides is 1. The molecule has 0 saturated carbocycles. The van der Waals surface area contributed by atoms with Gasteiger partial charge in [0, 0.05) is 11.0 Å². The van der Waals surface area contributed by atoms with Gasteiger partial charge in [0.2, 0.25) is 0 Å². The Bertz CT molecular complexity index is 1470. The Morgan fingerprint density at radius 2 is 1.79 bits per heavy atom. The maximum Gasteiger partial charge on any atom is 0.416 e. The predicted molar refractivity (Wildman–Crippen MR) is 127 cm³/mol. The van der Waals surface area contributed by atoms with Gasteiger partial charge in [-0.3, -0.25) is 4.31 Å². The Hall–Kier alpha value is -3.22. The molecule has 2 heterocycles. The van der Waals surface area contributed by atoms with Crippen LogP contribution in [0.15, 0.2) is 65.6 Å². The van der Waals surface area contributed by atoms with E-state index in [0.29, 0.717) is 6.07 Å². The van der Waals surface area contributed by atoms with Crippen molar-refractivity contribution in [3.63, 3.8) is 0 Å². The summed E-state index contributed by atoms with van der Waals surface area (Å²) in [4.78, 5) is -0.592. The molecule has 1 fully saturated rings. The van der Waals surface area contributed by atoms with E-state index < -0.39 is 49.8 Å². The van der Waals surface area contributed by atoms with E-state index in [1.54, 1.807) is 0 Å². The van der Waals surface area contributed by atoms with Gasteiger partial charge in [0.05, 0.1) is 42.5 Å². The lowest BCUT2D eigenvalue weighted by molar-refractivity contribution is -0.151. The molecule has 12 heteroatoms. The normalized spacial score (nSPS) is 18.9. The van der Waals surface area contributed by atoms with Crippen LogP contribution in [0.1, 0.15) is 12.0 Å². The Morgan fingerprint density at radius 3 is 2.45 bits per heavy atom. The molecule has 0 aromatic heterocycles. The molecule has 2 aliphatic rings. The molecule has 38 heavy (non-hydrogen) atoms. The fourth-order valence-electron chi connectivity index (χ4n) is 4.64. The maximum atomic E-state index is 14.5. The van der Waals surface area contributed by atoms with Crippen molar-refractivity contribution in [2.45, 2.75) is 23.6 Å². The van der Waals surface area contributed by atoms with Crippen LogP contribution in [0, 0.1) is 17.0 Å². The predicted octanol–water partition coefficient (Wildman–Crippen LogP) is 5.01. The van der Waals surface area contributed by atoms with Gasteiger partial charge in [-0.15, -0.1) is 0 Å². The lowest BCUT2D eigenvalue weighted by atomic mass is 9.81. The summed E-state index contributed by atoms with van der Waals surface area (Å²) < 4.78 is 108. The van der Waals surface area contributed by atoms with E-state index in [4.69, 9.17) is 9.47 Å². The van der Waals surface area contributed by atoms with Gasteiger partial charge in [0.1, 0.15) is 23.5 Å². The van der Waals surface area contributed by atoms with Gasteiger partial charge < -0.3 is 14.6 Å². The number of hydrogen-bond donors (Lipinski definition) is 1. The second-order valence-electron chi connectivity index (χ2n) is 9.46. The van der Waals surface area contributed by atoms with Crippen molar-refractivity contribution in [1.82, 2.24) is 0 Å². The molecular weight excluding hydrogens is 533 g/mol. The van der Waals surface area contributed by atoms with E-state index in [1.165, 1.54) is 18.2 Å². The van der Waals surface area contributed by atoms with E-state index in [-0.39, 0.29) is 55.4 Å². The highest BCUT2D eigenvalue weighted by Gasteiger charge is 2.44. The first-order valence-corrected chi connectivity index (χ1v) is 13.0. The van der Waals surface area contributed by atoms with Crippen LogP contribution in [0.3, 0.4) is 0 Å². The fourth-order valence-corrected chi connectivity index (χ4v) is 6.18. The largest absolute Gasteiger partial charge is 0.486 e. The average Bonchev–Trinajstić information content (AvgIpc) is 2.86. The van der Waals surface area contributed by atoms with Crippen molar-refractivity contribution < 1.29 is 45.0 Å². The van der Waals surface area contributed by atoms with E-state index in [2.05, 4.69) is 0 Å². The van der Waals surface area contributed by atoms with Crippen molar-refractivity contribution in [2.24, 2.45) is 5.41 Å². The van der Waals surface area contributed by atoms with Crippen LogP contribution < -0.4 is 9.04 Å². The topological polar surface area (TPSA) is 76.1 Å². The number of ether oxygens (including phenoxy) is 2. The highest BCUT2D eigenvalue weighted by atomic mass is 32.2. The van der Waals surface area contributed by atoms with E-state index in [1.807, 2.05) is 0 Å². The number of fused-ring (bicyclic) bond motifs is 1. The molecule has 0 aliphatic carbocycles. The summed E-state index contributed by atoms with van der Waals surface area (Å²) in [6.45, 7) is -0.0247. The minimum atomic E-state index is -4.77. The maximum absolute atomic E-state index is 14.5. The Balaban J connectivity index is 1.61. The summed E-state index contributed by atoms with van der Waals surface area (Å²) >= 11 is 0. The minimum Gasteiger partial charge on any atom is -0.486 e.